The van der Waals surface area contributed by atoms with Crippen LogP contribution in [0.2, 0.25) is 0 Å². The lowest BCUT2D eigenvalue weighted by Crippen LogP contribution is -2.39. The quantitative estimate of drug-likeness (QED) is 0.810. The standard InChI is InChI=1S/C16H26FNO/c1-6-19-10-16(11(2)3)18-13(5)14-8-7-12(4)15(17)9-14/h7-9,11,13,16,18H,6,10H2,1-5H3. The molecule has 0 aromatic heterocycles. The van der Waals surface area contributed by atoms with Gasteiger partial charge in [-0.3, -0.25) is 0 Å². The van der Waals surface area contributed by atoms with Crippen molar-refractivity contribution >= 4 is 0 Å². The Kier molecular flexibility index (Phi) is 6.46. The van der Waals surface area contributed by atoms with E-state index in [0.717, 1.165) is 12.2 Å². The number of hydrogen-bond donors (Lipinski definition) is 1. The molecule has 0 radical (unpaired) electrons. The lowest BCUT2D eigenvalue weighted by molar-refractivity contribution is 0.104. The largest absolute Gasteiger partial charge is 0.380 e. The van der Waals surface area contributed by atoms with Gasteiger partial charge in [-0.2, -0.15) is 0 Å². The van der Waals surface area contributed by atoms with Crippen molar-refractivity contribution in [2.75, 3.05) is 13.2 Å². The summed E-state index contributed by atoms with van der Waals surface area (Å²) in [5.74, 6) is 0.335. The minimum Gasteiger partial charge on any atom is -0.380 e. The third-order valence-corrected chi connectivity index (χ3v) is 3.47. The van der Waals surface area contributed by atoms with Gasteiger partial charge in [0.05, 0.1) is 6.61 Å². The van der Waals surface area contributed by atoms with Crippen LogP contribution in [-0.4, -0.2) is 19.3 Å². The number of aryl methyl sites for hydroxylation is 1. The number of ether oxygens (including phenoxy) is 1. The molecule has 2 nitrogen and oxygen atoms in total. The van der Waals surface area contributed by atoms with Crippen molar-refractivity contribution in [3.8, 4) is 0 Å². The van der Waals surface area contributed by atoms with Gasteiger partial charge in [0, 0.05) is 18.7 Å². The molecular formula is C16H26FNO. The van der Waals surface area contributed by atoms with Gasteiger partial charge in [-0.1, -0.05) is 26.0 Å². The highest BCUT2D eigenvalue weighted by atomic mass is 19.1. The summed E-state index contributed by atoms with van der Waals surface area (Å²) < 4.78 is 19.1. The van der Waals surface area contributed by atoms with Crippen LogP contribution in [0.1, 0.15) is 44.9 Å². The first-order valence-corrected chi connectivity index (χ1v) is 7.05. The zero-order chi connectivity index (χ0) is 14.4. The molecule has 0 saturated heterocycles. The predicted octanol–water partition coefficient (Wildman–Crippen LogP) is 3.85. The van der Waals surface area contributed by atoms with Crippen LogP contribution in [-0.2, 0) is 4.74 Å². The number of hydrogen-bond acceptors (Lipinski definition) is 2. The first-order valence-electron chi connectivity index (χ1n) is 7.05. The van der Waals surface area contributed by atoms with Crippen LogP contribution in [0.4, 0.5) is 4.39 Å². The zero-order valence-electron chi connectivity index (χ0n) is 12.7. The molecule has 0 spiro atoms. The Morgan fingerprint density at radius 1 is 1.26 bits per heavy atom. The molecule has 1 N–H and O–H groups in total. The Morgan fingerprint density at radius 2 is 1.95 bits per heavy atom. The summed E-state index contributed by atoms with van der Waals surface area (Å²) in [4.78, 5) is 0. The molecule has 1 aromatic carbocycles. The molecule has 3 heteroatoms. The Hall–Kier alpha value is -0.930. The number of nitrogens with one attached hydrogen (secondary N) is 1. The van der Waals surface area contributed by atoms with E-state index in [0.29, 0.717) is 18.1 Å². The molecule has 0 amide bonds. The van der Waals surface area contributed by atoms with E-state index in [4.69, 9.17) is 4.74 Å². The van der Waals surface area contributed by atoms with Crippen LogP contribution < -0.4 is 5.32 Å². The van der Waals surface area contributed by atoms with Crippen LogP contribution in [0.25, 0.3) is 0 Å². The number of halogens is 1. The van der Waals surface area contributed by atoms with Crippen LogP contribution in [0.15, 0.2) is 18.2 Å². The van der Waals surface area contributed by atoms with E-state index in [1.54, 1.807) is 13.0 Å². The van der Waals surface area contributed by atoms with Crippen molar-refractivity contribution in [3.63, 3.8) is 0 Å². The lowest BCUT2D eigenvalue weighted by Gasteiger charge is -2.26. The Morgan fingerprint density at radius 3 is 2.47 bits per heavy atom. The van der Waals surface area contributed by atoms with Gasteiger partial charge in [-0.05, 0) is 43.9 Å². The fourth-order valence-electron chi connectivity index (χ4n) is 1.97. The molecule has 108 valence electrons. The summed E-state index contributed by atoms with van der Waals surface area (Å²) in [6.45, 7) is 11.6. The first kappa shape index (κ1) is 16.1. The summed E-state index contributed by atoms with van der Waals surface area (Å²) >= 11 is 0. The van der Waals surface area contributed by atoms with E-state index < -0.39 is 0 Å². The highest BCUT2D eigenvalue weighted by molar-refractivity contribution is 5.25. The average molecular weight is 267 g/mol. The first-order chi connectivity index (χ1) is 8.95. The zero-order valence-corrected chi connectivity index (χ0v) is 12.7. The molecule has 1 rings (SSSR count). The smallest absolute Gasteiger partial charge is 0.126 e. The van der Waals surface area contributed by atoms with Crippen LogP contribution in [0.5, 0.6) is 0 Å². The van der Waals surface area contributed by atoms with E-state index >= 15 is 0 Å². The molecule has 0 heterocycles. The van der Waals surface area contributed by atoms with Gasteiger partial charge in [-0.25, -0.2) is 4.39 Å². The molecule has 0 aliphatic carbocycles. The average Bonchev–Trinajstić information content (AvgIpc) is 2.37. The third kappa shape index (κ3) is 4.92. The molecule has 19 heavy (non-hydrogen) atoms. The molecule has 0 fully saturated rings. The summed E-state index contributed by atoms with van der Waals surface area (Å²) in [7, 11) is 0. The summed E-state index contributed by atoms with van der Waals surface area (Å²) in [5.41, 5.74) is 1.66. The van der Waals surface area contributed by atoms with Gasteiger partial charge in [-0.15, -0.1) is 0 Å². The Bertz CT molecular complexity index is 392. The lowest BCUT2D eigenvalue weighted by atomic mass is 10.0. The van der Waals surface area contributed by atoms with Crippen molar-refractivity contribution in [1.82, 2.24) is 5.32 Å². The molecule has 2 unspecified atom stereocenters. The fourth-order valence-corrected chi connectivity index (χ4v) is 1.97. The van der Waals surface area contributed by atoms with Crippen molar-refractivity contribution in [1.29, 1.82) is 0 Å². The van der Waals surface area contributed by atoms with Gasteiger partial charge < -0.3 is 10.1 Å². The van der Waals surface area contributed by atoms with Crippen molar-refractivity contribution in [2.24, 2.45) is 5.92 Å². The molecule has 1 aromatic rings. The minimum absolute atomic E-state index is 0.114. The summed E-state index contributed by atoms with van der Waals surface area (Å²) in [5, 5.41) is 3.52. The van der Waals surface area contributed by atoms with Gasteiger partial charge in [0.25, 0.3) is 0 Å². The van der Waals surface area contributed by atoms with E-state index in [9.17, 15) is 4.39 Å². The second-order valence-electron chi connectivity index (χ2n) is 5.41. The van der Waals surface area contributed by atoms with Gasteiger partial charge in [0.1, 0.15) is 5.82 Å². The van der Waals surface area contributed by atoms with Crippen LogP contribution >= 0.6 is 0 Å². The highest BCUT2D eigenvalue weighted by Crippen LogP contribution is 2.18. The molecule has 0 saturated carbocycles. The predicted molar refractivity (Wildman–Crippen MR) is 77.8 cm³/mol. The maximum atomic E-state index is 13.6. The third-order valence-electron chi connectivity index (χ3n) is 3.47. The SMILES string of the molecule is CCOCC(NC(C)c1ccc(C)c(F)c1)C(C)C. The van der Waals surface area contributed by atoms with E-state index in [1.165, 1.54) is 0 Å². The van der Waals surface area contributed by atoms with E-state index in [-0.39, 0.29) is 17.9 Å². The van der Waals surface area contributed by atoms with Gasteiger partial charge in [0.15, 0.2) is 0 Å². The van der Waals surface area contributed by atoms with Crippen LogP contribution in [0, 0.1) is 18.7 Å². The van der Waals surface area contributed by atoms with E-state index in [1.807, 2.05) is 19.1 Å². The summed E-state index contributed by atoms with van der Waals surface area (Å²) in [6.07, 6.45) is 0. The second-order valence-corrected chi connectivity index (χ2v) is 5.41. The van der Waals surface area contributed by atoms with Crippen molar-refractivity contribution in [2.45, 2.75) is 46.7 Å². The fraction of sp³-hybridized carbons (Fsp3) is 0.625. The molecule has 2 atom stereocenters. The van der Waals surface area contributed by atoms with Crippen LogP contribution in [0.3, 0.4) is 0 Å². The van der Waals surface area contributed by atoms with Crippen molar-refractivity contribution in [3.05, 3.63) is 35.1 Å². The molecule has 0 bridgehead atoms. The second kappa shape index (κ2) is 7.61. The normalized spacial score (nSPS) is 14.7. The molecular weight excluding hydrogens is 241 g/mol. The van der Waals surface area contributed by atoms with Gasteiger partial charge >= 0.3 is 0 Å². The maximum absolute atomic E-state index is 13.6. The molecule has 0 aliphatic heterocycles. The van der Waals surface area contributed by atoms with Crippen molar-refractivity contribution < 1.29 is 9.13 Å². The molecule has 0 aliphatic rings. The van der Waals surface area contributed by atoms with Gasteiger partial charge in [0.2, 0.25) is 0 Å². The highest BCUT2D eigenvalue weighted by Gasteiger charge is 2.17. The maximum Gasteiger partial charge on any atom is 0.126 e. The topological polar surface area (TPSA) is 21.3 Å². The minimum atomic E-state index is -0.142. The number of rotatable bonds is 7. The number of benzene rings is 1. The monoisotopic (exact) mass is 267 g/mol. The van der Waals surface area contributed by atoms with E-state index in [2.05, 4.69) is 26.1 Å². The Labute approximate surface area is 116 Å². The summed E-state index contributed by atoms with van der Waals surface area (Å²) in [6, 6.07) is 5.82. The Balaban J connectivity index is 2.69.